The van der Waals surface area contributed by atoms with Crippen molar-refractivity contribution in [3.05, 3.63) is 78.4 Å². The van der Waals surface area contributed by atoms with E-state index in [0.717, 1.165) is 27.7 Å². The lowest BCUT2D eigenvalue weighted by molar-refractivity contribution is -0.123. The molecule has 0 radical (unpaired) electrons. The third-order valence-electron chi connectivity index (χ3n) is 6.46. The number of carbonyl (C=O) groups excluding carboxylic acids is 1. The SMILES string of the molecule is CCOc1ccc2nc(N(Cc3ccccn3)C(=O)C3CCN(S(=O)(=O)c4ccccc4F)CC3)sc2c1. The summed E-state index contributed by atoms with van der Waals surface area (Å²) < 4.78 is 48.0. The summed E-state index contributed by atoms with van der Waals surface area (Å²) in [4.78, 5) is 24.2. The van der Waals surface area contributed by atoms with Crippen molar-refractivity contribution >= 4 is 42.6 Å². The summed E-state index contributed by atoms with van der Waals surface area (Å²) in [6.45, 7) is 2.96. The lowest BCUT2D eigenvalue weighted by Gasteiger charge is -2.33. The van der Waals surface area contributed by atoms with Crippen LogP contribution in [0.25, 0.3) is 10.2 Å². The fourth-order valence-corrected chi connectivity index (χ4v) is 7.05. The number of thiazole rings is 1. The Morgan fingerprint density at radius 3 is 2.61 bits per heavy atom. The fraction of sp³-hybridized carbons (Fsp3) is 0.296. The summed E-state index contributed by atoms with van der Waals surface area (Å²) >= 11 is 1.40. The fourth-order valence-electron chi connectivity index (χ4n) is 4.51. The standard InChI is InChI=1S/C27H27FN4O4S2/c1-2-36-21-10-11-23-24(17-21)37-27(30-23)32(18-20-7-5-6-14-29-20)26(33)19-12-15-31(16-13-19)38(34,35)25-9-4-3-8-22(25)28/h3-11,14,17,19H,2,12-13,15-16,18H2,1H3. The molecule has 2 aromatic carbocycles. The lowest BCUT2D eigenvalue weighted by atomic mass is 9.96. The Kier molecular flexibility index (Phi) is 7.68. The minimum Gasteiger partial charge on any atom is -0.494 e. The molecular formula is C27H27FN4O4S2. The van der Waals surface area contributed by atoms with E-state index in [1.807, 2.05) is 43.3 Å². The number of pyridine rings is 1. The molecule has 0 aliphatic carbocycles. The number of ether oxygens (including phenoxy) is 1. The van der Waals surface area contributed by atoms with Crippen LogP contribution >= 0.6 is 11.3 Å². The van der Waals surface area contributed by atoms with E-state index in [2.05, 4.69) is 4.98 Å². The molecule has 0 N–H and O–H groups in total. The number of rotatable bonds is 8. The monoisotopic (exact) mass is 554 g/mol. The number of carbonyl (C=O) groups is 1. The first-order chi connectivity index (χ1) is 18.4. The van der Waals surface area contributed by atoms with Gasteiger partial charge in [0.15, 0.2) is 5.13 Å². The van der Waals surface area contributed by atoms with Crippen molar-refractivity contribution in [3.8, 4) is 5.75 Å². The van der Waals surface area contributed by atoms with Gasteiger partial charge in [-0.15, -0.1) is 0 Å². The number of halogens is 1. The molecule has 1 fully saturated rings. The van der Waals surface area contributed by atoms with Crippen LogP contribution in [0, 0.1) is 11.7 Å². The molecule has 1 aliphatic heterocycles. The molecule has 198 valence electrons. The molecule has 8 nitrogen and oxygen atoms in total. The van der Waals surface area contributed by atoms with Crippen molar-refractivity contribution in [2.75, 3.05) is 24.6 Å². The van der Waals surface area contributed by atoms with Crippen molar-refractivity contribution in [3.63, 3.8) is 0 Å². The third kappa shape index (κ3) is 5.40. The van der Waals surface area contributed by atoms with Gasteiger partial charge in [-0.1, -0.05) is 29.5 Å². The molecule has 0 bridgehead atoms. The zero-order chi connectivity index (χ0) is 26.7. The van der Waals surface area contributed by atoms with Crippen LogP contribution in [-0.2, 0) is 21.4 Å². The van der Waals surface area contributed by atoms with E-state index in [9.17, 15) is 17.6 Å². The second-order valence-corrected chi connectivity index (χ2v) is 11.8. The highest BCUT2D eigenvalue weighted by Gasteiger charge is 2.36. The predicted octanol–water partition coefficient (Wildman–Crippen LogP) is 4.86. The topological polar surface area (TPSA) is 92.7 Å². The molecule has 0 saturated carbocycles. The summed E-state index contributed by atoms with van der Waals surface area (Å²) in [5.41, 5.74) is 1.48. The van der Waals surface area contributed by atoms with Gasteiger partial charge in [0.1, 0.15) is 16.5 Å². The van der Waals surface area contributed by atoms with E-state index in [4.69, 9.17) is 9.72 Å². The van der Waals surface area contributed by atoms with Crippen LogP contribution < -0.4 is 9.64 Å². The Morgan fingerprint density at radius 2 is 1.89 bits per heavy atom. The molecule has 0 spiro atoms. The Labute approximate surface area is 224 Å². The number of nitrogens with zero attached hydrogens (tertiary/aromatic N) is 4. The number of hydrogen-bond donors (Lipinski definition) is 0. The molecule has 1 amide bonds. The van der Waals surface area contributed by atoms with Crippen LogP contribution in [0.3, 0.4) is 0 Å². The lowest BCUT2D eigenvalue weighted by Crippen LogP contribution is -2.44. The first-order valence-electron chi connectivity index (χ1n) is 12.4. The highest BCUT2D eigenvalue weighted by Crippen LogP contribution is 2.34. The number of hydrogen-bond acceptors (Lipinski definition) is 7. The van der Waals surface area contributed by atoms with E-state index in [0.29, 0.717) is 24.6 Å². The van der Waals surface area contributed by atoms with Crippen LogP contribution in [0.1, 0.15) is 25.5 Å². The smallest absolute Gasteiger partial charge is 0.245 e. The number of anilines is 1. The van der Waals surface area contributed by atoms with Crippen molar-refractivity contribution in [1.82, 2.24) is 14.3 Å². The van der Waals surface area contributed by atoms with Crippen molar-refractivity contribution < 1.29 is 22.3 Å². The zero-order valence-corrected chi connectivity index (χ0v) is 22.4. The van der Waals surface area contributed by atoms with E-state index in [-0.39, 0.29) is 30.4 Å². The zero-order valence-electron chi connectivity index (χ0n) is 20.8. The van der Waals surface area contributed by atoms with Crippen LogP contribution in [-0.4, -0.2) is 48.3 Å². The number of sulfonamides is 1. The minimum absolute atomic E-state index is 0.127. The number of piperidine rings is 1. The summed E-state index contributed by atoms with van der Waals surface area (Å²) in [7, 11) is -3.99. The number of aromatic nitrogens is 2. The first kappa shape index (κ1) is 26.2. The van der Waals surface area contributed by atoms with Gasteiger partial charge in [0.05, 0.1) is 29.1 Å². The normalized spacial score (nSPS) is 15.0. The molecule has 1 aliphatic rings. The third-order valence-corrected chi connectivity index (χ3v) is 9.43. The summed E-state index contributed by atoms with van der Waals surface area (Å²) in [5, 5.41) is 0.547. The molecule has 1 saturated heterocycles. The average Bonchev–Trinajstić information content (AvgIpc) is 3.35. The van der Waals surface area contributed by atoms with E-state index in [1.54, 1.807) is 11.1 Å². The van der Waals surface area contributed by atoms with Gasteiger partial charge in [-0.2, -0.15) is 4.31 Å². The van der Waals surface area contributed by atoms with Gasteiger partial charge in [-0.3, -0.25) is 14.7 Å². The van der Waals surface area contributed by atoms with Crippen LogP contribution in [0.4, 0.5) is 9.52 Å². The van der Waals surface area contributed by atoms with Gasteiger partial charge < -0.3 is 4.74 Å². The minimum atomic E-state index is -3.99. The molecule has 11 heteroatoms. The Hall–Kier alpha value is -3.41. The van der Waals surface area contributed by atoms with Gasteiger partial charge in [-0.05, 0) is 62.2 Å². The highest BCUT2D eigenvalue weighted by molar-refractivity contribution is 7.89. The molecular weight excluding hydrogens is 527 g/mol. The largest absolute Gasteiger partial charge is 0.494 e. The quantitative estimate of drug-likeness (QED) is 0.309. The van der Waals surface area contributed by atoms with Gasteiger partial charge in [0.2, 0.25) is 15.9 Å². The number of benzene rings is 2. The van der Waals surface area contributed by atoms with E-state index < -0.39 is 21.8 Å². The van der Waals surface area contributed by atoms with Gasteiger partial charge in [0, 0.05) is 25.2 Å². The Balaban J connectivity index is 1.38. The van der Waals surface area contributed by atoms with Crippen LogP contribution in [0.15, 0.2) is 71.8 Å². The molecule has 0 unspecified atom stereocenters. The average molecular weight is 555 g/mol. The number of fused-ring (bicyclic) bond motifs is 1. The van der Waals surface area contributed by atoms with Gasteiger partial charge in [0.25, 0.3) is 0 Å². The molecule has 5 rings (SSSR count). The highest BCUT2D eigenvalue weighted by atomic mass is 32.2. The summed E-state index contributed by atoms with van der Waals surface area (Å²) in [6.07, 6.45) is 2.33. The number of amides is 1. The maximum Gasteiger partial charge on any atom is 0.245 e. The molecule has 4 aromatic rings. The van der Waals surface area contributed by atoms with Crippen molar-refractivity contribution in [1.29, 1.82) is 0 Å². The second-order valence-electron chi connectivity index (χ2n) is 8.91. The molecule has 2 aromatic heterocycles. The van der Waals surface area contributed by atoms with Gasteiger partial charge >= 0.3 is 0 Å². The molecule has 0 atom stereocenters. The maximum atomic E-state index is 14.2. The second kappa shape index (κ2) is 11.1. The van der Waals surface area contributed by atoms with E-state index >= 15 is 0 Å². The molecule has 38 heavy (non-hydrogen) atoms. The van der Waals surface area contributed by atoms with Crippen molar-refractivity contribution in [2.45, 2.75) is 31.2 Å². The molecule has 3 heterocycles. The first-order valence-corrected chi connectivity index (χ1v) is 14.6. The summed E-state index contributed by atoms with van der Waals surface area (Å²) in [6, 6.07) is 16.5. The summed E-state index contributed by atoms with van der Waals surface area (Å²) in [5.74, 6) is -0.587. The Bertz CT molecular complexity index is 1540. The predicted molar refractivity (Wildman–Crippen MR) is 144 cm³/mol. The van der Waals surface area contributed by atoms with Crippen LogP contribution in [0.5, 0.6) is 5.75 Å². The van der Waals surface area contributed by atoms with E-state index in [1.165, 1.54) is 33.8 Å². The maximum absolute atomic E-state index is 14.2. The van der Waals surface area contributed by atoms with Gasteiger partial charge in [-0.25, -0.2) is 17.8 Å². The van der Waals surface area contributed by atoms with Crippen LogP contribution in [0.2, 0.25) is 0 Å². The Morgan fingerprint density at radius 1 is 1.13 bits per heavy atom. The van der Waals surface area contributed by atoms with Crippen molar-refractivity contribution in [2.24, 2.45) is 5.92 Å².